The summed E-state index contributed by atoms with van der Waals surface area (Å²) >= 11 is 0. The highest BCUT2D eigenvalue weighted by Gasteiger charge is 2.31. The minimum atomic E-state index is -0.209. The van der Waals surface area contributed by atoms with Gasteiger partial charge in [-0.15, -0.1) is 0 Å². The molecule has 0 amide bonds. The van der Waals surface area contributed by atoms with Crippen LogP contribution in [0.15, 0.2) is 18.2 Å². The van der Waals surface area contributed by atoms with E-state index < -0.39 is 0 Å². The monoisotopic (exact) mass is 237 g/mol. The van der Waals surface area contributed by atoms with Gasteiger partial charge in [0.15, 0.2) is 0 Å². The molecule has 1 fully saturated rings. The minimum Gasteiger partial charge on any atom is -0.392 e. The van der Waals surface area contributed by atoms with E-state index in [1.165, 1.54) is 6.07 Å². The highest BCUT2D eigenvalue weighted by Crippen LogP contribution is 2.35. The van der Waals surface area contributed by atoms with Crippen LogP contribution in [0.3, 0.4) is 0 Å². The van der Waals surface area contributed by atoms with Crippen LogP contribution in [0.5, 0.6) is 0 Å². The second kappa shape index (κ2) is 5.50. The molecule has 1 aromatic rings. The zero-order valence-electron chi connectivity index (χ0n) is 10.3. The van der Waals surface area contributed by atoms with Gasteiger partial charge in [0, 0.05) is 18.2 Å². The zero-order valence-corrected chi connectivity index (χ0v) is 10.3. The number of rotatable bonds is 6. The maximum atomic E-state index is 13.9. The zero-order chi connectivity index (χ0) is 12.3. The number of hydrogen-bond acceptors (Lipinski definition) is 2. The van der Waals surface area contributed by atoms with Crippen LogP contribution in [-0.2, 0) is 6.61 Å². The third-order valence-electron chi connectivity index (χ3n) is 3.27. The fourth-order valence-electron chi connectivity index (χ4n) is 2.20. The highest BCUT2D eigenvalue weighted by atomic mass is 19.1. The normalized spacial score (nSPS) is 15.0. The second-order valence-electron chi connectivity index (χ2n) is 4.68. The van der Waals surface area contributed by atoms with Gasteiger partial charge in [-0.1, -0.05) is 25.5 Å². The molecule has 0 aliphatic heterocycles. The van der Waals surface area contributed by atoms with Gasteiger partial charge in [0.1, 0.15) is 5.82 Å². The predicted octanol–water partition coefficient (Wildman–Crippen LogP) is 3.09. The average molecular weight is 237 g/mol. The molecular formula is C14H20FNO. The van der Waals surface area contributed by atoms with E-state index >= 15 is 0 Å². The number of aliphatic hydroxyl groups excluding tert-OH is 1. The maximum Gasteiger partial charge on any atom is 0.146 e. The van der Waals surface area contributed by atoms with Crippen LogP contribution in [0, 0.1) is 5.82 Å². The Labute approximate surface area is 102 Å². The quantitative estimate of drug-likeness (QED) is 0.822. The third-order valence-corrected chi connectivity index (χ3v) is 3.27. The number of hydrogen-bond donors (Lipinski definition) is 1. The van der Waals surface area contributed by atoms with Gasteiger partial charge in [-0.3, -0.25) is 0 Å². The van der Waals surface area contributed by atoms with E-state index in [-0.39, 0.29) is 12.4 Å². The highest BCUT2D eigenvalue weighted by molar-refractivity contribution is 5.56. The van der Waals surface area contributed by atoms with E-state index in [1.807, 2.05) is 0 Å². The van der Waals surface area contributed by atoms with Gasteiger partial charge in [-0.2, -0.15) is 0 Å². The Hall–Kier alpha value is -1.09. The Morgan fingerprint density at radius 3 is 2.76 bits per heavy atom. The molecule has 0 aromatic heterocycles. The SMILES string of the molecule is CCCCN(c1c(F)cccc1CO)C1CC1. The van der Waals surface area contributed by atoms with Crippen molar-refractivity contribution in [3.8, 4) is 0 Å². The Balaban J connectivity index is 2.27. The van der Waals surface area contributed by atoms with E-state index in [2.05, 4.69) is 11.8 Å². The predicted molar refractivity (Wildman–Crippen MR) is 67.6 cm³/mol. The van der Waals surface area contributed by atoms with Gasteiger partial charge < -0.3 is 10.0 Å². The summed E-state index contributed by atoms with van der Waals surface area (Å²) in [5.74, 6) is -0.209. The van der Waals surface area contributed by atoms with E-state index in [0.29, 0.717) is 17.3 Å². The van der Waals surface area contributed by atoms with Crippen LogP contribution in [-0.4, -0.2) is 17.7 Å². The van der Waals surface area contributed by atoms with Crippen LogP contribution >= 0.6 is 0 Å². The second-order valence-corrected chi connectivity index (χ2v) is 4.68. The fourth-order valence-corrected chi connectivity index (χ4v) is 2.20. The van der Waals surface area contributed by atoms with Gasteiger partial charge >= 0.3 is 0 Å². The largest absolute Gasteiger partial charge is 0.392 e. The van der Waals surface area contributed by atoms with Crippen LogP contribution in [0.1, 0.15) is 38.2 Å². The van der Waals surface area contributed by atoms with Gasteiger partial charge in [0.25, 0.3) is 0 Å². The topological polar surface area (TPSA) is 23.5 Å². The fraction of sp³-hybridized carbons (Fsp3) is 0.571. The summed E-state index contributed by atoms with van der Waals surface area (Å²) < 4.78 is 13.9. The Bertz CT molecular complexity index is 376. The minimum absolute atomic E-state index is 0.0948. The number of nitrogens with zero attached hydrogens (tertiary/aromatic N) is 1. The molecule has 0 atom stereocenters. The van der Waals surface area contributed by atoms with E-state index in [9.17, 15) is 9.50 Å². The molecule has 1 saturated carbocycles. The molecule has 17 heavy (non-hydrogen) atoms. The van der Waals surface area contributed by atoms with Crippen molar-refractivity contribution >= 4 is 5.69 Å². The number of halogens is 1. The lowest BCUT2D eigenvalue weighted by Gasteiger charge is -2.27. The molecule has 1 N–H and O–H groups in total. The van der Waals surface area contributed by atoms with Crippen molar-refractivity contribution in [3.63, 3.8) is 0 Å². The first kappa shape index (κ1) is 12.4. The van der Waals surface area contributed by atoms with Crippen molar-refractivity contribution in [2.45, 2.75) is 45.3 Å². The molecule has 3 heteroatoms. The number of benzene rings is 1. The summed E-state index contributed by atoms with van der Waals surface area (Å²) in [6, 6.07) is 5.42. The van der Waals surface area contributed by atoms with E-state index in [1.54, 1.807) is 12.1 Å². The molecular weight excluding hydrogens is 217 g/mol. The standard InChI is InChI=1S/C14H20FNO/c1-2-3-9-16(12-7-8-12)14-11(10-17)5-4-6-13(14)15/h4-6,12,17H,2-3,7-10H2,1H3. The number of anilines is 1. The smallest absolute Gasteiger partial charge is 0.146 e. The molecule has 94 valence electrons. The van der Waals surface area contributed by atoms with Crippen LogP contribution < -0.4 is 4.90 Å². The molecule has 1 aromatic carbocycles. The molecule has 0 radical (unpaired) electrons. The first-order valence-corrected chi connectivity index (χ1v) is 6.42. The Morgan fingerprint density at radius 2 is 2.18 bits per heavy atom. The summed E-state index contributed by atoms with van der Waals surface area (Å²) in [5, 5.41) is 9.33. The van der Waals surface area contributed by atoms with Crippen LogP contribution in [0.4, 0.5) is 10.1 Å². The first-order valence-electron chi connectivity index (χ1n) is 6.42. The summed E-state index contributed by atoms with van der Waals surface area (Å²) in [7, 11) is 0. The van der Waals surface area contributed by atoms with Crippen molar-refractivity contribution < 1.29 is 9.50 Å². The van der Waals surface area contributed by atoms with Gasteiger partial charge in [0.05, 0.1) is 12.3 Å². The molecule has 0 unspecified atom stereocenters. The number of aliphatic hydroxyl groups is 1. The third kappa shape index (κ3) is 2.78. The van der Waals surface area contributed by atoms with Gasteiger partial charge in [-0.05, 0) is 25.3 Å². The number of para-hydroxylation sites is 1. The Morgan fingerprint density at radius 1 is 1.41 bits per heavy atom. The summed E-state index contributed by atoms with van der Waals surface area (Å²) in [4.78, 5) is 2.14. The maximum absolute atomic E-state index is 13.9. The Kier molecular flexibility index (Phi) is 4.00. The lowest BCUT2D eigenvalue weighted by molar-refractivity contribution is 0.281. The van der Waals surface area contributed by atoms with Crippen molar-refractivity contribution in [2.75, 3.05) is 11.4 Å². The molecule has 0 heterocycles. The summed E-state index contributed by atoms with van der Waals surface area (Å²) in [6.45, 7) is 2.93. The number of unbranched alkanes of at least 4 members (excludes halogenated alkanes) is 1. The van der Waals surface area contributed by atoms with Gasteiger partial charge in [-0.25, -0.2) is 4.39 Å². The first-order chi connectivity index (χ1) is 8.27. The molecule has 0 spiro atoms. The summed E-state index contributed by atoms with van der Waals surface area (Å²) in [6.07, 6.45) is 4.45. The van der Waals surface area contributed by atoms with Crippen molar-refractivity contribution in [2.24, 2.45) is 0 Å². The van der Waals surface area contributed by atoms with Crippen LogP contribution in [0.25, 0.3) is 0 Å². The van der Waals surface area contributed by atoms with Crippen molar-refractivity contribution in [1.29, 1.82) is 0 Å². The molecule has 2 rings (SSSR count). The lowest BCUT2D eigenvalue weighted by Crippen LogP contribution is -2.28. The summed E-state index contributed by atoms with van der Waals surface area (Å²) in [5.41, 5.74) is 1.32. The van der Waals surface area contributed by atoms with Gasteiger partial charge in [0.2, 0.25) is 0 Å². The van der Waals surface area contributed by atoms with E-state index in [0.717, 1.165) is 32.2 Å². The lowest BCUT2D eigenvalue weighted by atomic mass is 10.1. The van der Waals surface area contributed by atoms with Crippen molar-refractivity contribution in [3.05, 3.63) is 29.6 Å². The van der Waals surface area contributed by atoms with Crippen LogP contribution in [0.2, 0.25) is 0 Å². The molecule has 0 bridgehead atoms. The van der Waals surface area contributed by atoms with E-state index in [4.69, 9.17) is 0 Å². The molecule has 0 saturated heterocycles. The molecule has 1 aliphatic carbocycles. The molecule has 1 aliphatic rings. The molecule has 2 nitrogen and oxygen atoms in total. The average Bonchev–Trinajstić information content (AvgIpc) is 3.15. The van der Waals surface area contributed by atoms with Crippen molar-refractivity contribution in [1.82, 2.24) is 0 Å².